The van der Waals surface area contributed by atoms with Crippen molar-refractivity contribution in [2.24, 2.45) is 5.92 Å². The van der Waals surface area contributed by atoms with Crippen molar-refractivity contribution >= 4 is 79.7 Å². The number of carbonyl (C=O) groups excluding carboxylic acids is 3. The molecule has 0 radical (unpaired) electrons. The van der Waals surface area contributed by atoms with Crippen LogP contribution in [0, 0.1) is 5.92 Å². The maximum absolute atomic E-state index is 14.0. The molecule has 13 heteroatoms. The second-order valence-corrected chi connectivity index (χ2v) is 13.0. The molecule has 3 amide bonds. The molecule has 1 saturated heterocycles. The van der Waals surface area contributed by atoms with Gasteiger partial charge in [0.15, 0.2) is 6.61 Å². The van der Waals surface area contributed by atoms with Crippen molar-refractivity contribution < 1.29 is 23.9 Å². The number of amides is 3. The fourth-order valence-corrected chi connectivity index (χ4v) is 8.06. The number of hydrogen-bond acceptors (Lipinski definition) is 8. The van der Waals surface area contributed by atoms with Crippen molar-refractivity contribution in [3.05, 3.63) is 96.3 Å². The van der Waals surface area contributed by atoms with E-state index in [0.717, 1.165) is 15.8 Å². The molecule has 0 spiro atoms. The van der Waals surface area contributed by atoms with Gasteiger partial charge in [-0.05, 0) is 66.7 Å². The first kappa shape index (κ1) is 28.5. The van der Waals surface area contributed by atoms with Gasteiger partial charge in [-0.1, -0.05) is 50.6 Å². The number of nitrogens with one attached hydrogen (secondary N) is 2. The molecule has 2 aliphatic heterocycles. The minimum absolute atomic E-state index is 0.300. The van der Waals surface area contributed by atoms with Gasteiger partial charge in [-0.25, -0.2) is 4.90 Å². The van der Waals surface area contributed by atoms with E-state index >= 15 is 0 Å². The zero-order valence-corrected chi connectivity index (χ0v) is 25.7. The molecule has 1 fully saturated rings. The SMILES string of the molecule is COc1ccc(NC(=O)COc2ccc(Cl)cc2C2c3sc(=O)[nH]c3SC3C(=O)N(c4ccc(Br)cc4)C(=O)C32)cc1. The number of halogens is 2. The third-order valence-electron chi connectivity index (χ3n) is 6.95. The van der Waals surface area contributed by atoms with Crippen LogP contribution in [-0.4, -0.2) is 41.7 Å². The normalized spacial score (nSPS) is 19.3. The van der Waals surface area contributed by atoms with Crippen molar-refractivity contribution in [2.45, 2.75) is 16.2 Å². The first-order valence-electron chi connectivity index (χ1n) is 12.6. The smallest absolute Gasteiger partial charge is 0.305 e. The van der Waals surface area contributed by atoms with Crippen LogP contribution in [0.2, 0.25) is 5.02 Å². The summed E-state index contributed by atoms with van der Waals surface area (Å²) >= 11 is 12.0. The fourth-order valence-electron chi connectivity index (χ4n) is 5.11. The Bertz CT molecular complexity index is 1760. The van der Waals surface area contributed by atoms with E-state index in [4.69, 9.17) is 21.1 Å². The van der Waals surface area contributed by atoms with Crippen LogP contribution in [0.3, 0.4) is 0 Å². The van der Waals surface area contributed by atoms with Crippen LogP contribution in [-0.2, 0) is 14.4 Å². The number of carbonyl (C=O) groups is 3. The van der Waals surface area contributed by atoms with E-state index in [1.165, 1.54) is 16.7 Å². The van der Waals surface area contributed by atoms with Crippen molar-refractivity contribution in [2.75, 3.05) is 23.9 Å². The third-order valence-corrected chi connectivity index (χ3v) is 10.1. The van der Waals surface area contributed by atoms with E-state index in [-0.39, 0.29) is 23.3 Å². The van der Waals surface area contributed by atoms with Gasteiger partial charge >= 0.3 is 4.87 Å². The number of H-pyrrole nitrogens is 1. The Balaban J connectivity index is 1.34. The number of rotatable bonds is 7. The Morgan fingerprint density at radius 3 is 2.50 bits per heavy atom. The summed E-state index contributed by atoms with van der Waals surface area (Å²) in [6, 6.07) is 18.7. The number of ether oxygens (including phenoxy) is 2. The van der Waals surface area contributed by atoms with Crippen LogP contribution < -0.4 is 24.6 Å². The molecule has 2 aliphatic rings. The monoisotopic (exact) mass is 685 g/mol. The number of thiazole rings is 1. The lowest BCUT2D eigenvalue weighted by Gasteiger charge is -2.31. The van der Waals surface area contributed by atoms with Crippen molar-refractivity contribution in [3.63, 3.8) is 0 Å². The standard InChI is InChI=1S/C29H21BrClN3O6S2/c1-39-18-9-5-16(6-10-18)32-21(35)13-40-20-11-4-15(31)12-19(20)22-23-25(41-26-24(22)42-29(38)33-26)28(37)34(27(23)36)17-7-2-14(30)3-8-17/h2-12,22-23,25H,13H2,1H3,(H,32,35)(H,33,38). The summed E-state index contributed by atoms with van der Waals surface area (Å²) < 4.78 is 11.9. The number of imide groups is 1. The molecule has 6 rings (SSSR count). The minimum atomic E-state index is -0.834. The molecule has 0 aliphatic carbocycles. The Morgan fingerprint density at radius 2 is 1.79 bits per heavy atom. The maximum atomic E-state index is 14.0. The van der Waals surface area contributed by atoms with Crippen LogP contribution in [0.4, 0.5) is 11.4 Å². The van der Waals surface area contributed by atoms with Crippen LogP contribution in [0.1, 0.15) is 16.4 Å². The fraction of sp³-hybridized carbons (Fsp3) is 0.172. The van der Waals surface area contributed by atoms with Gasteiger partial charge in [0.1, 0.15) is 16.7 Å². The van der Waals surface area contributed by atoms with Gasteiger partial charge in [-0.15, -0.1) is 0 Å². The van der Waals surface area contributed by atoms with Crippen molar-refractivity contribution in [1.29, 1.82) is 0 Å². The van der Waals surface area contributed by atoms with E-state index in [0.29, 0.717) is 43.4 Å². The first-order valence-corrected chi connectivity index (χ1v) is 15.5. The number of methoxy groups -OCH3 is 1. The highest BCUT2D eigenvalue weighted by Crippen LogP contribution is 2.54. The Morgan fingerprint density at radius 1 is 1.05 bits per heavy atom. The number of nitrogens with zero attached hydrogens (tertiary/aromatic N) is 1. The summed E-state index contributed by atoms with van der Waals surface area (Å²) in [5.41, 5.74) is 1.53. The van der Waals surface area contributed by atoms with Crippen LogP contribution >= 0.6 is 50.6 Å². The number of aromatic nitrogens is 1. The van der Waals surface area contributed by atoms with Gasteiger partial charge in [-0.2, -0.15) is 0 Å². The average molecular weight is 687 g/mol. The molecular formula is C29H21BrClN3O6S2. The summed E-state index contributed by atoms with van der Waals surface area (Å²) in [5, 5.41) is 2.89. The van der Waals surface area contributed by atoms with Gasteiger partial charge in [0.25, 0.3) is 5.91 Å². The lowest BCUT2D eigenvalue weighted by Crippen LogP contribution is -2.32. The summed E-state index contributed by atoms with van der Waals surface area (Å²) in [5.74, 6) is -1.75. The molecule has 0 bridgehead atoms. The van der Waals surface area contributed by atoms with Crippen molar-refractivity contribution in [1.82, 2.24) is 4.98 Å². The van der Waals surface area contributed by atoms with E-state index in [1.807, 2.05) is 0 Å². The van der Waals surface area contributed by atoms with Crippen LogP contribution in [0.25, 0.3) is 0 Å². The number of thioether (sulfide) groups is 1. The zero-order chi connectivity index (χ0) is 29.5. The molecule has 42 heavy (non-hydrogen) atoms. The van der Waals surface area contributed by atoms with E-state index in [2.05, 4.69) is 26.2 Å². The van der Waals surface area contributed by atoms with Gasteiger partial charge in [0, 0.05) is 31.5 Å². The van der Waals surface area contributed by atoms with E-state index in [9.17, 15) is 19.2 Å². The molecule has 3 atom stereocenters. The quantitative estimate of drug-likeness (QED) is 0.241. The summed E-state index contributed by atoms with van der Waals surface area (Å²) in [7, 11) is 1.56. The molecule has 1 aromatic heterocycles. The predicted octanol–water partition coefficient (Wildman–Crippen LogP) is 5.67. The topological polar surface area (TPSA) is 118 Å². The Kier molecular flexibility index (Phi) is 7.88. The first-order chi connectivity index (χ1) is 20.2. The predicted molar refractivity (Wildman–Crippen MR) is 165 cm³/mol. The average Bonchev–Trinajstić information content (AvgIpc) is 3.47. The van der Waals surface area contributed by atoms with Gasteiger partial charge < -0.3 is 19.8 Å². The number of fused-ring (bicyclic) bond motifs is 2. The number of aromatic amines is 1. The largest absolute Gasteiger partial charge is 0.497 e. The molecule has 2 N–H and O–H groups in total. The third kappa shape index (κ3) is 5.35. The molecule has 3 unspecified atom stereocenters. The molecule has 9 nitrogen and oxygen atoms in total. The Labute approximate surface area is 261 Å². The van der Waals surface area contributed by atoms with Gasteiger partial charge in [0.2, 0.25) is 11.8 Å². The lowest BCUT2D eigenvalue weighted by molar-refractivity contribution is -0.122. The highest BCUT2D eigenvalue weighted by Gasteiger charge is 2.56. The minimum Gasteiger partial charge on any atom is -0.497 e. The number of anilines is 2. The lowest BCUT2D eigenvalue weighted by atomic mass is 9.82. The number of benzene rings is 3. The highest BCUT2D eigenvalue weighted by molar-refractivity contribution is 9.10. The van der Waals surface area contributed by atoms with Gasteiger partial charge in [0.05, 0.1) is 23.7 Å². The molecular weight excluding hydrogens is 666 g/mol. The highest BCUT2D eigenvalue weighted by atomic mass is 79.9. The molecule has 0 saturated carbocycles. The van der Waals surface area contributed by atoms with E-state index in [1.54, 1.807) is 73.8 Å². The maximum Gasteiger partial charge on any atom is 0.305 e. The summed E-state index contributed by atoms with van der Waals surface area (Å²) in [6.45, 7) is -0.329. The molecule has 4 aromatic rings. The molecule has 3 aromatic carbocycles. The summed E-state index contributed by atoms with van der Waals surface area (Å²) in [4.78, 5) is 57.2. The number of hydrogen-bond donors (Lipinski definition) is 2. The zero-order valence-electron chi connectivity index (χ0n) is 21.8. The van der Waals surface area contributed by atoms with Crippen LogP contribution in [0.15, 0.2) is 81.0 Å². The second kappa shape index (κ2) is 11.6. The van der Waals surface area contributed by atoms with Crippen molar-refractivity contribution in [3.8, 4) is 11.5 Å². The molecule has 3 heterocycles. The van der Waals surface area contributed by atoms with Gasteiger partial charge in [-0.3, -0.25) is 19.2 Å². The molecule has 214 valence electrons. The Hall–Kier alpha value is -3.58. The van der Waals surface area contributed by atoms with Crippen LogP contribution in [0.5, 0.6) is 11.5 Å². The summed E-state index contributed by atoms with van der Waals surface area (Å²) in [6.07, 6.45) is 0. The van der Waals surface area contributed by atoms with E-state index < -0.39 is 23.0 Å². The second-order valence-electron chi connectivity index (χ2n) is 9.49.